The van der Waals surface area contributed by atoms with Gasteiger partial charge in [-0.2, -0.15) is 0 Å². The van der Waals surface area contributed by atoms with Gasteiger partial charge in [0.2, 0.25) is 0 Å². The van der Waals surface area contributed by atoms with Crippen molar-refractivity contribution in [3.8, 4) is 0 Å². The Morgan fingerprint density at radius 1 is 1.06 bits per heavy atom. The number of ether oxygens (including phenoxy) is 1. The second kappa shape index (κ2) is 9.13. The fourth-order valence-corrected chi connectivity index (χ4v) is 9.02. The third-order valence-corrected chi connectivity index (χ3v) is 11.8. The summed E-state index contributed by atoms with van der Waals surface area (Å²) in [6.07, 6.45) is 2.14. The standard InChI is InChI=1S/C29H48O7/c1-7-17(2)18(3)10-13-36-24-14-22-25(5)11-8-20(31)15-28(25,34)23(32)16-27(22,33)29(35)12-9-21(19(4)30)26(24,29)6/h7,18,20-24,31-35H,8-16H2,1-6H3. The van der Waals surface area contributed by atoms with E-state index in [-0.39, 0.29) is 25.0 Å². The average Bonchev–Trinajstić information content (AvgIpc) is 3.10. The van der Waals surface area contributed by atoms with Gasteiger partial charge in [0.25, 0.3) is 0 Å². The van der Waals surface area contributed by atoms with E-state index in [1.54, 1.807) is 6.92 Å². The molecular weight excluding hydrogens is 460 g/mol. The van der Waals surface area contributed by atoms with Crippen molar-refractivity contribution in [3.63, 3.8) is 0 Å². The lowest BCUT2D eigenvalue weighted by atomic mass is 9.39. The smallest absolute Gasteiger partial charge is 0.133 e. The number of aliphatic hydroxyl groups is 5. The van der Waals surface area contributed by atoms with E-state index in [0.29, 0.717) is 38.2 Å². The van der Waals surface area contributed by atoms with Crippen LogP contribution in [-0.2, 0) is 9.53 Å². The van der Waals surface area contributed by atoms with Crippen molar-refractivity contribution in [1.82, 2.24) is 0 Å². The van der Waals surface area contributed by atoms with E-state index >= 15 is 0 Å². The first-order valence-electron chi connectivity index (χ1n) is 13.9. The van der Waals surface area contributed by atoms with Gasteiger partial charge in [-0.05, 0) is 65.2 Å². The molecule has 0 aromatic rings. The summed E-state index contributed by atoms with van der Waals surface area (Å²) in [4.78, 5) is 12.8. The average molecular weight is 509 g/mol. The number of carbonyl (C=O) groups excluding carboxylic acids is 1. The summed E-state index contributed by atoms with van der Waals surface area (Å²) in [6, 6.07) is 0. The zero-order valence-corrected chi connectivity index (χ0v) is 23.0. The van der Waals surface area contributed by atoms with Gasteiger partial charge in [0.05, 0.1) is 23.9 Å². The van der Waals surface area contributed by atoms with Crippen LogP contribution in [-0.4, -0.2) is 73.0 Å². The van der Waals surface area contributed by atoms with Crippen molar-refractivity contribution in [2.45, 2.75) is 128 Å². The van der Waals surface area contributed by atoms with Gasteiger partial charge in [-0.15, -0.1) is 0 Å². The molecule has 0 radical (unpaired) electrons. The van der Waals surface area contributed by atoms with E-state index in [4.69, 9.17) is 4.74 Å². The molecule has 0 aliphatic heterocycles. The topological polar surface area (TPSA) is 127 Å². The predicted octanol–water partition coefficient (Wildman–Crippen LogP) is 2.90. The Balaban J connectivity index is 1.76. The minimum absolute atomic E-state index is 0.0259. The molecule has 7 heteroatoms. The van der Waals surface area contributed by atoms with Crippen molar-refractivity contribution >= 4 is 5.78 Å². The third kappa shape index (κ3) is 3.56. The lowest BCUT2D eigenvalue weighted by Crippen LogP contribution is -2.81. The largest absolute Gasteiger partial charge is 0.393 e. The van der Waals surface area contributed by atoms with Crippen molar-refractivity contribution < 1.29 is 35.1 Å². The van der Waals surface area contributed by atoms with Crippen LogP contribution in [0.2, 0.25) is 0 Å². The minimum atomic E-state index is -1.69. The molecule has 4 aliphatic carbocycles. The highest BCUT2D eigenvalue weighted by molar-refractivity contribution is 5.80. The van der Waals surface area contributed by atoms with Gasteiger partial charge < -0.3 is 30.3 Å². The van der Waals surface area contributed by atoms with Gasteiger partial charge in [0, 0.05) is 42.1 Å². The number of carbonyl (C=O) groups is 1. The van der Waals surface area contributed by atoms with Crippen LogP contribution in [0.25, 0.3) is 0 Å². The number of ketones is 1. The lowest BCUT2D eigenvalue weighted by molar-refractivity contribution is -0.362. The molecular formula is C29H48O7. The molecule has 0 bridgehead atoms. The first-order valence-corrected chi connectivity index (χ1v) is 13.9. The number of aliphatic hydroxyl groups excluding tert-OH is 2. The number of allylic oxidation sites excluding steroid dienone is 2. The first kappa shape index (κ1) is 28.2. The van der Waals surface area contributed by atoms with Crippen molar-refractivity contribution in [2.75, 3.05) is 6.61 Å². The number of fused-ring (bicyclic) bond motifs is 5. The second-order valence-electron chi connectivity index (χ2n) is 13.1. The summed E-state index contributed by atoms with van der Waals surface area (Å²) >= 11 is 0. The molecule has 0 aromatic heterocycles. The Labute approximate surface area is 215 Å². The highest BCUT2D eigenvalue weighted by Gasteiger charge is 2.80. The number of hydrogen-bond acceptors (Lipinski definition) is 7. The second-order valence-corrected chi connectivity index (χ2v) is 13.1. The van der Waals surface area contributed by atoms with Crippen molar-refractivity contribution in [1.29, 1.82) is 0 Å². The van der Waals surface area contributed by atoms with Crippen LogP contribution in [0, 0.1) is 28.6 Å². The molecule has 4 rings (SSSR count). The Bertz CT molecular complexity index is 904. The Morgan fingerprint density at radius 2 is 1.72 bits per heavy atom. The third-order valence-electron chi connectivity index (χ3n) is 11.8. The molecule has 11 atom stereocenters. The molecule has 4 aliphatic rings. The Kier molecular flexibility index (Phi) is 7.15. The van der Waals surface area contributed by atoms with Gasteiger partial charge in [0.1, 0.15) is 17.0 Å². The van der Waals surface area contributed by atoms with Gasteiger partial charge in [-0.25, -0.2) is 0 Å². The summed E-state index contributed by atoms with van der Waals surface area (Å²) in [5.74, 6) is -0.718. The molecule has 0 spiro atoms. The molecule has 0 heterocycles. The van der Waals surface area contributed by atoms with E-state index in [1.807, 2.05) is 20.8 Å². The highest BCUT2D eigenvalue weighted by Crippen LogP contribution is 2.71. The van der Waals surface area contributed by atoms with Gasteiger partial charge in [-0.3, -0.25) is 4.79 Å². The normalized spacial score (nSPS) is 51.8. The quantitative estimate of drug-likeness (QED) is 0.349. The number of hydrogen-bond donors (Lipinski definition) is 5. The molecule has 0 aromatic carbocycles. The fraction of sp³-hybridized carbons (Fsp3) is 0.897. The van der Waals surface area contributed by atoms with Gasteiger partial charge in [-0.1, -0.05) is 32.4 Å². The maximum Gasteiger partial charge on any atom is 0.133 e. The summed E-state index contributed by atoms with van der Waals surface area (Å²) in [5, 5.41) is 58.3. The molecule has 7 nitrogen and oxygen atoms in total. The van der Waals surface area contributed by atoms with Crippen LogP contribution >= 0.6 is 0 Å². The number of rotatable bonds is 6. The molecule has 206 valence electrons. The van der Waals surface area contributed by atoms with Crippen LogP contribution in [0.3, 0.4) is 0 Å². The molecule has 4 fully saturated rings. The van der Waals surface area contributed by atoms with E-state index in [0.717, 1.165) is 6.42 Å². The highest BCUT2D eigenvalue weighted by atomic mass is 16.5. The van der Waals surface area contributed by atoms with E-state index in [2.05, 4.69) is 19.9 Å². The zero-order chi connectivity index (χ0) is 26.9. The number of Topliss-reactive ketones (excluding diaryl/α,β-unsaturated/α-hetero) is 1. The van der Waals surface area contributed by atoms with E-state index in [1.165, 1.54) is 5.57 Å². The van der Waals surface area contributed by atoms with Crippen LogP contribution in [0.15, 0.2) is 11.6 Å². The Morgan fingerprint density at radius 3 is 2.33 bits per heavy atom. The van der Waals surface area contributed by atoms with E-state index < -0.39 is 57.8 Å². The van der Waals surface area contributed by atoms with Crippen molar-refractivity contribution in [3.05, 3.63) is 11.6 Å². The van der Waals surface area contributed by atoms with Gasteiger partial charge >= 0.3 is 0 Å². The predicted molar refractivity (Wildman–Crippen MR) is 136 cm³/mol. The van der Waals surface area contributed by atoms with Crippen LogP contribution < -0.4 is 0 Å². The molecule has 0 saturated heterocycles. The summed E-state index contributed by atoms with van der Waals surface area (Å²) < 4.78 is 6.57. The maximum atomic E-state index is 12.8. The van der Waals surface area contributed by atoms with E-state index in [9.17, 15) is 30.3 Å². The molecule has 0 amide bonds. The van der Waals surface area contributed by atoms with Gasteiger partial charge in [0.15, 0.2) is 0 Å². The minimum Gasteiger partial charge on any atom is -0.393 e. The molecule has 4 saturated carbocycles. The molecule has 36 heavy (non-hydrogen) atoms. The van der Waals surface area contributed by atoms with Crippen LogP contribution in [0.5, 0.6) is 0 Å². The first-order chi connectivity index (χ1) is 16.6. The monoisotopic (exact) mass is 508 g/mol. The zero-order valence-electron chi connectivity index (χ0n) is 23.0. The van der Waals surface area contributed by atoms with Crippen molar-refractivity contribution in [2.24, 2.45) is 28.6 Å². The van der Waals surface area contributed by atoms with Crippen LogP contribution in [0.1, 0.15) is 92.9 Å². The fourth-order valence-electron chi connectivity index (χ4n) is 9.02. The van der Waals surface area contributed by atoms with Crippen LogP contribution in [0.4, 0.5) is 0 Å². The lowest BCUT2D eigenvalue weighted by Gasteiger charge is -2.71. The SMILES string of the molecule is CC=C(C)C(C)CCOC1CC2C3(C)CCC(O)CC3(O)C(O)CC2(O)C2(O)CCC(C(C)=O)C12C. The summed E-state index contributed by atoms with van der Waals surface area (Å²) in [6.45, 7) is 12.0. The summed E-state index contributed by atoms with van der Waals surface area (Å²) in [5.41, 5.74) is -5.60. The maximum absolute atomic E-state index is 12.8. The summed E-state index contributed by atoms with van der Waals surface area (Å²) in [7, 11) is 0. The molecule has 5 N–H and O–H groups in total. The molecule has 11 unspecified atom stereocenters. The Hall–Kier alpha value is -0.830.